The van der Waals surface area contributed by atoms with Crippen molar-refractivity contribution in [3.05, 3.63) is 0 Å². The third-order valence-electron chi connectivity index (χ3n) is 2.75. The first-order chi connectivity index (χ1) is 6.83. The van der Waals surface area contributed by atoms with E-state index >= 15 is 0 Å². The van der Waals surface area contributed by atoms with Crippen molar-refractivity contribution in [3.63, 3.8) is 0 Å². The van der Waals surface area contributed by atoms with E-state index in [0.717, 1.165) is 11.8 Å². The second-order valence-electron chi connectivity index (χ2n) is 4.18. The molecule has 84 valence electrons. The number of thioether (sulfide) groups is 1. The van der Waals surface area contributed by atoms with Gasteiger partial charge in [-0.25, -0.2) is 0 Å². The van der Waals surface area contributed by atoms with Crippen LogP contribution in [0.15, 0.2) is 0 Å². The lowest BCUT2D eigenvalue weighted by atomic mass is 10.2. The van der Waals surface area contributed by atoms with Gasteiger partial charge in [-0.3, -0.25) is 0 Å². The molecule has 1 fully saturated rings. The zero-order valence-corrected chi connectivity index (χ0v) is 10.2. The van der Waals surface area contributed by atoms with Crippen molar-refractivity contribution in [1.29, 1.82) is 0 Å². The summed E-state index contributed by atoms with van der Waals surface area (Å²) in [5.74, 6) is 1.32. The minimum atomic E-state index is 0.841. The molecule has 14 heavy (non-hydrogen) atoms. The van der Waals surface area contributed by atoms with Crippen molar-refractivity contribution >= 4 is 11.8 Å². The molecule has 0 bridgehead atoms. The van der Waals surface area contributed by atoms with Gasteiger partial charge < -0.3 is 10.6 Å². The molecule has 0 radical (unpaired) electrons. The minimum absolute atomic E-state index is 0.841. The molecule has 0 aliphatic carbocycles. The van der Waals surface area contributed by atoms with Crippen LogP contribution in [0.2, 0.25) is 0 Å². The Kier molecular flexibility index (Phi) is 6.65. The van der Waals surface area contributed by atoms with Crippen LogP contribution in [-0.4, -0.2) is 42.1 Å². The van der Waals surface area contributed by atoms with Crippen LogP contribution in [-0.2, 0) is 0 Å². The van der Waals surface area contributed by atoms with Gasteiger partial charge in [-0.15, -0.1) is 0 Å². The topological polar surface area (TPSA) is 29.3 Å². The van der Waals surface area contributed by atoms with Crippen LogP contribution in [0.3, 0.4) is 0 Å². The fourth-order valence-corrected chi connectivity index (χ4v) is 3.01. The van der Waals surface area contributed by atoms with E-state index < -0.39 is 0 Å². The third-order valence-corrected chi connectivity index (χ3v) is 3.89. The molecule has 0 spiro atoms. The smallest absolute Gasteiger partial charge is 0.0147 e. The molecule has 0 saturated carbocycles. The predicted octanol–water partition coefficient (Wildman–Crippen LogP) is 1.94. The molecular weight excluding hydrogens is 192 g/mol. The summed E-state index contributed by atoms with van der Waals surface area (Å²) in [6.45, 7) is 7.09. The lowest BCUT2D eigenvalue weighted by Gasteiger charge is -2.30. The summed E-state index contributed by atoms with van der Waals surface area (Å²) < 4.78 is 0. The van der Waals surface area contributed by atoms with Crippen LogP contribution in [0.5, 0.6) is 0 Å². The van der Waals surface area contributed by atoms with E-state index in [4.69, 9.17) is 5.73 Å². The Morgan fingerprint density at radius 1 is 1.29 bits per heavy atom. The molecule has 0 aromatic heterocycles. The van der Waals surface area contributed by atoms with Gasteiger partial charge in [0.1, 0.15) is 0 Å². The van der Waals surface area contributed by atoms with Crippen molar-refractivity contribution in [2.24, 2.45) is 5.73 Å². The van der Waals surface area contributed by atoms with E-state index in [1.807, 2.05) is 0 Å². The Balaban J connectivity index is 1.95. The van der Waals surface area contributed by atoms with Gasteiger partial charge in [-0.1, -0.05) is 19.8 Å². The summed E-state index contributed by atoms with van der Waals surface area (Å²) in [7, 11) is 0. The van der Waals surface area contributed by atoms with E-state index in [9.17, 15) is 0 Å². The normalized spacial score (nSPS) is 24.0. The van der Waals surface area contributed by atoms with Crippen molar-refractivity contribution in [2.45, 2.75) is 37.9 Å². The molecule has 0 aromatic carbocycles. The maximum absolute atomic E-state index is 5.46. The molecule has 1 unspecified atom stereocenters. The van der Waals surface area contributed by atoms with Gasteiger partial charge in [-0.05, 0) is 25.9 Å². The van der Waals surface area contributed by atoms with Crippen LogP contribution in [0.25, 0.3) is 0 Å². The summed E-state index contributed by atoms with van der Waals surface area (Å²) in [5, 5.41) is 0.841. The van der Waals surface area contributed by atoms with Crippen LogP contribution in [0.1, 0.15) is 32.6 Å². The van der Waals surface area contributed by atoms with Gasteiger partial charge in [0.25, 0.3) is 0 Å². The summed E-state index contributed by atoms with van der Waals surface area (Å²) in [6, 6.07) is 0. The summed E-state index contributed by atoms with van der Waals surface area (Å²) >= 11 is 2.11. The standard InChI is InChI=1S/C11H24N2S/c1-11-10-13(8-9-14-11)7-5-3-2-4-6-12/h11H,2-10,12H2,1H3. The van der Waals surface area contributed by atoms with Crippen molar-refractivity contribution in [1.82, 2.24) is 4.90 Å². The number of hydrogen-bond acceptors (Lipinski definition) is 3. The van der Waals surface area contributed by atoms with Crippen molar-refractivity contribution in [2.75, 3.05) is 31.9 Å². The minimum Gasteiger partial charge on any atom is -0.330 e. The van der Waals surface area contributed by atoms with Gasteiger partial charge in [0.15, 0.2) is 0 Å². The van der Waals surface area contributed by atoms with Gasteiger partial charge in [0.05, 0.1) is 0 Å². The van der Waals surface area contributed by atoms with Gasteiger partial charge in [-0.2, -0.15) is 11.8 Å². The highest BCUT2D eigenvalue weighted by molar-refractivity contribution is 7.99. The highest BCUT2D eigenvalue weighted by Gasteiger charge is 2.15. The van der Waals surface area contributed by atoms with Crippen LogP contribution < -0.4 is 5.73 Å². The summed E-state index contributed by atoms with van der Waals surface area (Å²) in [5.41, 5.74) is 5.46. The van der Waals surface area contributed by atoms with E-state index in [1.54, 1.807) is 0 Å². The van der Waals surface area contributed by atoms with Gasteiger partial charge in [0.2, 0.25) is 0 Å². The molecule has 1 rings (SSSR count). The molecule has 1 aliphatic rings. The van der Waals surface area contributed by atoms with Gasteiger partial charge >= 0.3 is 0 Å². The Hall–Kier alpha value is 0.270. The molecule has 1 heterocycles. The second-order valence-corrected chi connectivity index (χ2v) is 5.73. The number of rotatable bonds is 6. The molecule has 2 nitrogen and oxygen atoms in total. The highest BCUT2D eigenvalue weighted by atomic mass is 32.2. The second kappa shape index (κ2) is 7.55. The fraction of sp³-hybridized carbons (Fsp3) is 1.00. The van der Waals surface area contributed by atoms with Gasteiger partial charge in [0, 0.05) is 24.1 Å². The number of hydrogen-bond donors (Lipinski definition) is 1. The van der Waals surface area contributed by atoms with Crippen LogP contribution in [0, 0.1) is 0 Å². The highest BCUT2D eigenvalue weighted by Crippen LogP contribution is 2.17. The Morgan fingerprint density at radius 2 is 2.07 bits per heavy atom. The van der Waals surface area contributed by atoms with E-state index in [0.29, 0.717) is 0 Å². The largest absolute Gasteiger partial charge is 0.330 e. The lowest BCUT2D eigenvalue weighted by Crippen LogP contribution is -2.37. The first kappa shape index (κ1) is 12.3. The average Bonchev–Trinajstić information content (AvgIpc) is 2.18. The summed E-state index contributed by atoms with van der Waals surface area (Å²) in [4.78, 5) is 2.61. The zero-order chi connectivity index (χ0) is 10.2. The fourth-order valence-electron chi connectivity index (χ4n) is 1.93. The maximum atomic E-state index is 5.46. The Labute approximate surface area is 92.6 Å². The predicted molar refractivity (Wildman–Crippen MR) is 65.9 cm³/mol. The molecule has 0 amide bonds. The number of unbranched alkanes of at least 4 members (excludes halogenated alkanes) is 3. The van der Waals surface area contributed by atoms with E-state index in [1.165, 1.54) is 51.1 Å². The monoisotopic (exact) mass is 216 g/mol. The maximum Gasteiger partial charge on any atom is 0.0147 e. The Morgan fingerprint density at radius 3 is 2.79 bits per heavy atom. The molecular formula is C11H24N2S. The molecule has 1 saturated heterocycles. The molecule has 3 heteroatoms. The molecule has 1 atom stereocenters. The first-order valence-electron chi connectivity index (χ1n) is 5.87. The summed E-state index contributed by atoms with van der Waals surface area (Å²) in [6.07, 6.45) is 5.23. The zero-order valence-electron chi connectivity index (χ0n) is 9.37. The van der Waals surface area contributed by atoms with Crippen molar-refractivity contribution in [3.8, 4) is 0 Å². The number of nitrogens with two attached hydrogens (primary N) is 1. The Bertz CT molecular complexity index is 141. The SMILES string of the molecule is CC1CN(CCCCCCN)CCS1. The van der Waals surface area contributed by atoms with Crippen LogP contribution in [0.4, 0.5) is 0 Å². The third kappa shape index (κ3) is 5.23. The lowest BCUT2D eigenvalue weighted by molar-refractivity contribution is 0.279. The quantitative estimate of drug-likeness (QED) is 0.688. The average molecular weight is 216 g/mol. The first-order valence-corrected chi connectivity index (χ1v) is 6.92. The molecule has 1 aliphatic heterocycles. The number of nitrogens with zero attached hydrogens (tertiary/aromatic N) is 1. The van der Waals surface area contributed by atoms with E-state index in [-0.39, 0.29) is 0 Å². The van der Waals surface area contributed by atoms with E-state index in [2.05, 4.69) is 23.6 Å². The van der Waals surface area contributed by atoms with Crippen molar-refractivity contribution < 1.29 is 0 Å². The molecule has 0 aromatic rings. The molecule has 2 N–H and O–H groups in total. The van der Waals surface area contributed by atoms with Crippen LogP contribution >= 0.6 is 11.8 Å².